The molecule has 0 aromatic heterocycles. The fourth-order valence-electron chi connectivity index (χ4n) is 5.82. The molecule has 2 fully saturated rings. The van der Waals surface area contributed by atoms with Crippen LogP contribution in [-0.4, -0.2) is 47.2 Å². The van der Waals surface area contributed by atoms with E-state index in [1.165, 1.54) is 0 Å². The van der Waals surface area contributed by atoms with E-state index in [1.54, 1.807) is 7.11 Å². The minimum atomic E-state index is -0.592. The van der Waals surface area contributed by atoms with E-state index in [-0.39, 0.29) is 36.2 Å². The summed E-state index contributed by atoms with van der Waals surface area (Å²) in [6, 6.07) is 7.56. The molecule has 0 saturated heterocycles. The van der Waals surface area contributed by atoms with Crippen LogP contribution in [0.15, 0.2) is 24.3 Å². The molecule has 4 N–H and O–H groups in total. The third-order valence-electron chi connectivity index (χ3n) is 7.77. The number of hydrogen-bond acceptors (Lipinski definition) is 5. The monoisotopic (exact) mass is 405 g/mol. The maximum Gasteiger partial charge on any atom is 0.220 e. The molecule has 6 heteroatoms. The maximum atomic E-state index is 12.7. The zero-order chi connectivity index (χ0) is 21.2. The largest absolute Gasteiger partial charge is 0.497 e. The number of aliphatic hydroxyl groups is 3. The second-order valence-electron chi connectivity index (χ2n) is 9.36. The standard InChI is InChI=1S/C23H35NO5/c1-22-11-10-20(27)23(2,14-25)19(22)9-8-18(26)17(22)12-21(28)24-13-15-4-6-16(29-3)7-5-15/h4-7,17-20,25-27H,8-14H2,1-3H3,(H,24,28)/t17-,18-,19?,20-,22+,23+/m1/s1. The molecule has 1 aromatic carbocycles. The molecule has 6 atom stereocenters. The van der Waals surface area contributed by atoms with Gasteiger partial charge in [-0.05, 0) is 60.6 Å². The van der Waals surface area contributed by atoms with Crippen molar-refractivity contribution in [3.8, 4) is 5.75 Å². The molecule has 3 rings (SSSR count). The van der Waals surface area contributed by atoms with Crippen molar-refractivity contribution in [3.63, 3.8) is 0 Å². The van der Waals surface area contributed by atoms with Crippen molar-refractivity contribution in [1.29, 1.82) is 0 Å². The van der Waals surface area contributed by atoms with Crippen LogP contribution in [0.5, 0.6) is 5.75 Å². The van der Waals surface area contributed by atoms with Gasteiger partial charge in [-0.1, -0.05) is 26.0 Å². The quantitative estimate of drug-likeness (QED) is 0.582. The van der Waals surface area contributed by atoms with Crippen molar-refractivity contribution in [2.24, 2.45) is 22.7 Å². The lowest BCUT2D eigenvalue weighted by atomic mass is 9.46. The molecular weight excluding hydrogens is 370 g/mol. The van der Waals surface area contributed by atoms with Crippen molar-refractivity contribution in [3.05, 3.63) is 29.8 Å². The highest BCUT2D eigenvalue weighted by atomic mass is 16.5. The van der Waals surface area contributed by atoms with Crippen molar-refractivity contribution in [2.75, 3.05) is 13.7 Å². The number of methoxy groups -OCH3 is 1. The Bertz CT molecular complexity index is 708. The van der Waals surface area contributed by atoms with Crippen LogP contribution in [0, 0.1) is 22.7 Å². The summed E-state index contributed by atoms with van der Waals surface area (Å²) in [6.45, 7) is 4.42. The molecule has 1 aromatic rings. The lowest BCUT2D eigenvalue weighted by Gasteiger charge is -2.60. The normalized spacial score (nSPS) is 36.9. The fraction of sp³-hybridized carbons (Fsp3) is 0.696. The number of benzene rings is 1. The third kappa shape index (κ3) is 4.16. The van der Waals surface area contributed by atoms with Gasteiger partial charge in [-0.25, -0.2) is 0 Å². The van der Waals surface area contributed by atoms with Crippen LogP contribution in [0.25, 0.3) is 0 Å². The van der Waals surface area contributed by atoms with Crippen LogP contribution in [0.1, 0.15) is 51.5 Å². The van der Waals surface area contributed by atoms with Gasteiger partial charge in [0.2, 0.25) is 5.91 Å². The highest BCUT2D eigenvalue weighted by molar-refractivity contribution is 5.76. The molecule has 0 radical (unpaired) electrons. The zero-order valence-corrected chi connectivity index (χ0v) is 17.7. The number of hydrogen-bond donors (Lipinski definition) is 4. The van der Waals surface area contributed by atoms with Gasteiger partial charge in [-0.15, -0.1) is 0 Å². The van der Waals surface area contributed by atoms with Crippen LogP contribution in [0.2, 0.25) is 0 Å². The SMILES string of the molecule is COc1ccc(CNC(=O)C[C@@H]2[C@H](O)CCC3[C@](C)(CO)[C@H](O)CC[C@]32C)cc1. The molecule has 0 heterocycles. The predicted octanol–water partition coefficient (Wildman–Crippen LogP) is 2.25. The highest BCUT2D eigenvalue weighted by Gasteiger charge is 2.58. The fourth-order valence-corrected chi connectivity index (χ4v) is 5.82. The number of aliphatic hydroxyl groups excluding tert-OH is 3. The second kappa shape index (κ2) is 8.62. The number of carbonyl (C=O) groups is 1. The van der Waals surface area contributed by atoms with Crippen molar-refractivity contribution in [2.45, 2.75) is 64.7 Å². The van der Waals surface area contributed by atoms with E-state index in [2.05, 4.69) is 12.2 Å². The van der Waals surface area contributed by atoms with E-state index in [0.29, 0.717) is 19.4 Å². The number of amides is 1. The number of fused-ring (bicyclic) bond motifs is 1. The van der Waals surface area contributed by atoms with Gasteiger partial charge in [0.05, 0.1) is 25.9 Å². The summed E-state index contributed by atoms with van der Waals surface area (Å²) in [4.78, 5) is 12.7. The highest BCUT2D eigenvalue weighted by Crippen LogP contribution is 2.60. The molecular formula is C23H35NO5. The minimum Gasteiger partial charge on any atom is -0.497 e. The van der Waals surface area contributed by atoms with Gasteiger partial charge in [0.1, 0.15) is 5.75 Å². The summed E-state index contributed by atoms with van der Waals surface area (Å²) in [5, 5.41) is 34.3. The Kier molecular flexibility index (Phi) is 6.56. The lowest BCUT2D eigenvalue weighted by molar-refractivity contribution is -0.185. The Labute approximate surface area is 173 Å². The van der Waals surface area contributed by atoms with E-state index < -0.39 is 17.6 Å². The van der Waals surface area contributed by atoms with E-state index in [4.69, 9.17) is 4.74 Å². The lowest BCUT2D eigenvalue weighted by Crippen LogP contribution is -2.60. The predicted molar refractivity (Wildman–Crippen MR) is 110 cm³/mol. The molecule has 162 valence electrons. The van der Waals surface area contributed by atoms with Crippen LogP contribution in [-0.2, 0) is 11.3 Å². The topological polar surface area (TPSA) is 99.0 Å². The molecule has 0 aliphatic heterocycles. The Morgan fingerprint density at radius 3 is 2.48 bits per heavy atom. The zero-order valence-electron chi connectivity index (χ0n) is 17.7. The van der Waals surface area contributed by atoms with Crippen LogP contribution < -0.4 is 10.1 Å². The van der Waals surface area contributed by atoms with Crippen LogP contribution in [0.3, 0.4) is 0 Å². The Morgan fingerprint density at radius 2 is 1.86 bits per heavy atom. The van der Waals surface area contributed by atoms with Crippen molar-refractivity contribution < 1.29 is 24.9 Å². The average Bonchev–Trinajstić information content (AvgIpc) is 2.72. The molecule has 0 bridgehead atoms. The average molecular weight is 406 g/mol. The van der Waals surface area contributed by atoms with Crippen molar-refractivity contribution in [1.82, 2.24) is 5.32 Å². The van der Waals surface area contributed by atoms with Gasteiger partial charge in [0, 0.05) is 18.4 Å². The van der Waals surface area contributed by atoms with Gasteiger partial charge >= 0.3 is 0 Å². The number of rotatable bonds is 6. The summed E-state index contributed by atoms with van der Waals surface area (Å²) in [6.07, 6.45) is 1.85. The first-order chi connectivity index (χ1) is 13.7. The number of carbonyl (C=O) groups excluding carboxylic acids is 1. The molecule has 2 aliphatic carbocycles. The van der Waals surface area contributed by atoms with Gasteiger partial charge in [0.15, 0.2) is 0 Å². The summed E-state index contributed by atoms with van der Waals surface area (Å²) >= 11 is 0. The Hall–Kier alpha value is -1.63. The smallest absolute Gasteiger partial charge is 0.220 e. The summed E-state index contributed by atoms with van der Waals surface area (Å²) in [7, 11) is 1.62. The molecule has 6 nitrogen and oxygen atoms in total. The molecule has 1 unspecified atom stereocenters. The first kappa shape index (κ1) is 22.1. The van der Waals surface area contributed by atoms with E-state index in [9.17, 15) is 20.1 Å². The summed E-state index contributed by atoms with van der Waals surface area (Å²) in [5.74, 6) is 0.585. The minimum absolute atomic E-state index is 0.0755. The van der Waals surface area contributed by atoms with E-state index >= 15 is 0 Å². The number of ether oxygens (including phenoxy) is 1. The molecule has 0 spiro atoms. The second-order valence-corrected chi connectivity index (χ2v) is 9.36. The van der Waals surface area contributed by atoms with Crippen molar-refractivity contribution >= 4 is 5.91 Å². The molecule has 1 amide bonds. The Balaban J connectivity index is 1.68. The summed E-state index contributed by atoms with van der Waals surface area (Å²) < 4.78 is 5.15. The first-order valence-corrected chi connectivity index (χ1v) is 10.6. The Morgan fingerprint density at radius 1 is 1.17 bits per heavy atom. The van der Waals surface area contributed by atoms with Gasteiger partial charge in [-0.3, -0.25) is 4.79 Å². The van der Waals surface area contributed by atoms with E-state index in [0.717, 1.165) is 24.2 Å². The summed E-state index contributed by atoms with van der Waals surface area (Å²) in [5.41, 5.74) is 0.109. The van der Waals surface area contributed by atoms with E-state index in [1.807, 2.05) is 31.2 Å². The maximum absolute atomic E-state index is 12.7. The van der Waals surface area contributed by atoms with Gasteiger partial charge < -0.3 is 25.4 Å². The molecule has 2 aliphatic rings. The molecule has 2 saturated carbocycles. The first-order valence-electron chi connectivity index (χ1n) is 10.6. The van der Waals surface area contributed by atoms with Gasteiger partial charge in [0.25, 0.3) is 0 Å². The molecule has 29 heavy (non-hydrogen) atoms. The van der Waals surface area contributed by atoms with Gasteiger partial charge in [-0.2, -0.15) is 0 Å². The van der Waals surface area contributed by atoms with Crippen LogP contribution in [0.4, 0.5) is 0 Å². The third-order valence-corrected chi connectivity index (χ3v) is 7.77. The number of nitrogens with one attached hydrogen (secondary N) is 1. The van der Waals surface area contributed by atoms with Crippen LogP contribution >= 0.6 is 0 Å².